The molecule has 0 saturated carbocycles. The number of fused-ring (bicyclic) bond motifs is 2. The lowest BCUT2D eigenvalue weighted by Crippen LogP contribution is -2.47. The lowest BCUT2D eigenvalue weighted by molar-refractivity contribution is -0.116. The van der Waals surface area contributed by atoms with Crippen LogP contribution in [0.5, 0.6) is 0 Å². The number of hydrogen-bond donors (Lipinski definition) is 2. The normalized spacial score (nSPS) is 27.1. The molecule has 4 nitrogen and oxygen atoms in total. The highest BCUT2D eigenvalue weighted by atomic mass is 35.5. The van der Waals surface area contributed by atoms with E-state index >= 15 is 0 Å². The Morgan fingerprint density at radius 3 is 2.68 bits per heavy atom. The fourth-order valence-electron chi connectivity index (χ4n) is 3.62. The van der Waals surface area contributed by atoms with Crippen molar-refractivity contribution in [2.75, 3.05) is 18.9 Å². The summed E-state index contributed by atoms with van der Waals surface area (Å²) in [7, 11) is 2.14. The first-order valence-corrected chi connectivity index (χ1v) is 8.50. The van der Waals surface area contributed by atoms with E-state index in [-0.39, 0.29) is 5.91 Å². The Morgan fingerprint density at radius 1 is 1.32 bits per heavy atom. The van der Waals surface area contributed by atoms with E-state index in [4.69, 9.17) is 11.6 Å². The molecule has 2 atom stereocenters. The van der Waals surface area contributed by atoms with Crippen molar-refractivity contribution in [2.24, 2.45) is 0 Å². The van der Waals surface area contributed by atoms with Crippen LogP contribution in [0.4, 0.5) is 5.69 Å². The van der Waals surface area contributed by atoms with Gasteiger partial charge in [-0.05, 0) is 44.9 Å². The predicted octanol–water partition coefficient (Wildman–Crippen LogP) is 2.88. The van der Waals surface area contributed by atoms with Crippen LogP contribution in [-0.4, -0.2) is 42.5 Å². The van der Waals surface area contributed by atoms with Gasteiger partial charge in [-0.15, -0.1) is 0 Å². The van der Waals surface area contributed by atoms with Gasteiger partial charge in [0.25, 0.3) is 0 Å². The van der Waals surface area contributed by atoms with Gasteiger partial charge in [-0.3, -0.25) is 4.79 Å². The summed E-state index contributed by atoms with van der Waals surface area (Å²) in [6.07, 6.45) is 5.53. The van der Waals surface area contributed by atoms with Crippen LogP contribution >= 0.6 is 11.6 Å². The maximum Gasteiger partial charge on any atom is 0.225 e. The van der Waals surface area contributed by atoms with Gasteiger partial charge in [0.1, 0.15) is 0 Å². The number of benzene rings is 1. The van der Waals surface area contributed by atoms with Crippen molar-refractivity contribution in [3.63, 3.8) is 0 Å². The molecule has 2 aliphatic heterocycles. The van der Waals surface area contributed by atoms with Crippen LogP contribution in [-0.2, 0) is 4.79 Å². The number of hydrogen-bond acceptors (Lipinski definition) is 3. The summed E-state index contributed by atoms with van der Waals surface area (Å²) >= 11 is 6.06. The zero-order chi connectivity index (χ0) is 15.5. The lowest BCUT2D eigenvalue weighted by atomic mass is 9.98. The Balaban J connectivity index is 1.45. The molecule has 2 heterocycles. The van der Waals surface area contributed by atoms with E-state index in [2.05, 4.69) is 22.6 Å². The van der Waals surface area contributed by atoms with Crippen molar-refractivity contribution in [3.05, 3.63) is 29.3 Å². The first-order valence-electron chi connectivity index (χ1n) is 8.12. The third-order valence-electron chi connectivity index (χ3n) is 4.91. The standard InChI is InChI=1S/C17H24ClN3O/c1-21(14-10-12-6-7-13(11-14)19-12)9-8-17(22)20-16-5-3-2-4-15(16)18/h2-5,12-14,19H,6-11H2,1H3,(H,20,22). The minimum Gasteiger partial charge on any atom is -0.325 e. The monoisotopic (exact) mass is 321 g/mol. The van der Waals surface area contributed by atoms with E-state index in [0.717, 1.165) is 6.54 Å². The molecule has 1 aromatic carbocycles. The number of carbonyl (C=O) groups is 1. The second kappa shape index (κ2) is 6.99. The Kier molecular flexibility index (Phi) is 5.01. The first kappa shape index (κ1) is 15.8. The van der Waals surface area contributed by atoms with Crippen molar-refractivity contribution in [1.82, 2.24) is 10.2 Å². The van der Waals surface area contributed by atoms with Crippen molar-refractivity contribution >= 4 is 23.2 Å². The molecule has 3 rings (SSSR count). The molecular formula is C17H24ClN3O. The Hall–Kier alpha value is -1.10. The van der Waals surface area contributed by atoms with E-state index in [0.29, 0.717) is 35.3 Å². The molecular weight excluding hydrogens is 298 g/mol. The zero-order valence-corrected chi connectivity index (χ0v) is 13.8. The van der Waals surface area contributed by atoms with Gasteiger partial charge in [0, 0.05) is 31.1 Å². The fourth-order valence-corrected chi connectivity index (χ4v) is 3.81. The highest BCUT2D eigenvalue weighted by Crippen LogP contribution is 2.29. The molecule has 22 heavy (non-hydrogen) atoms. The minimum absolute atomic E-state index is 0.0249. The number of halogens is 1. The average Bonchev–Trinajstić information content (AvgIpc) is 2.85. The van der Waals surface area contributed by atoms with Crippen LogP contribution in [0, 0.1) is 0 Å². The average molecular weight is 322 g/mol. The van der Waals surface area contributed by atoms with Crippen molar-refractivity contribution in [3.8, 4) is 0 Å². The molecule has 5 heteroatoms. The molecule has 0 aliphatic carbocycles. The quantitative estimate of drug-likeness (QED) is 0.876. The first-order chi connectivity index (χ1) is 10.6. The van der Waals surface area contributed by atoms with Crippen LogP contribution in [0.3, 0.4) is 0 Å². The number of nitrogens with one attached hydrogen (secondary N) is 2. The van der Waals surface area contributed by atoms with Crippen LogP contribution in [0.1, 0.15) is 32.1 Å². The summed E-state index contributed by atoms with van der Waals surface area (Å²) in [5, 5.41) is 7.13. The molecule has 1 aromatic rings. The van der Waals surface area contributed by atoms with E-state index in [1.807, 2.05) is 18.2 Å². The van der Waals surface area contributed by atoms with Crippen LogP contribution < -0.4 is 10.6 Å². The number of carbonyl (C=O) groups excluding carboxylic acids is 1. The van der Waals surface area contributed by atoms with Gasteiger partial charge < -0.3 is 15.5 Å². The highest BCUT2D eigenvalue weighted by molar-refractivity contribution is 6.33. The SMILES string of the molecule is CN(CCC(=O)Nc1ccccc1Cl)C1CC2CCC(C1)N2. The van der Waals surface area contributed by atoms with Crippen molar-refractivity contribution < 1.29 is 4.79 Å². The van der Waals surface area contributed by atoms with Gasteiger partial charge in [0.05, 0.1) is 10.7 Å². The van der Waals surface area contributed by atoms with Crippen molar-refractivity contribution in [2.45, 2.75) is 50.2 Å². The summed E-state index contributed by atoms with van der Waals surface area (Å²) in [6.45, 7) is 0.792. The molecule has 1 amide bonds. The van der Waals surface area contributed by atoms with Gasteiger partial charge in [0.15, 0.2) is 0 Å². The largest absolute Gasteiger partial charge is 0.325 e. The molecule has 2 saturated heterocycles. The van der Waals surface area contributed by atoms with Crippen molar-refractivity contribution in [1.29, 1.82) is 0 Å². The minimum atomic E-state index is 0.0249. The van der Waals surface area contributed by atoms with Crippen LogP contribution in [0.25, 0.3) is 0 Å². The van der Waals surface area contributed by atoms with Gasteiger partial charge >= 0.3 is 0 Å². The molecule has 0 radical (unpaired) electrons. The van der Waals surface area contributed by atoms with Gasteiger partial charge in [-0.25, -0.2) is 0 Å². The summed E-state index contributed by atoms with van der Waals surface area (Å²) in [5.74, 6) is 0.0249. The predicted molar refractivity (Wildman–Crippen MR) is 90.3 cm³/mol. The fraction of sp³-hybridized carbons (Fsp3) is 0.588. The molecule has 0 aromatic heterocycles. The molecule has 2 bridgehead atoms. The van der Waals surface area contributed by atoms with E-state index in [1.165, 1.54) is 25.7 Å². The molecule has 2 fully saturated rings. The van der Waals surface area contributed by atoms with Crippen LogP contribution in [0.15, 0.2) is 24.3 Å². The number of piperidine rings is 1. The third-order valence-corrected chi connectivity index (χ3v) is 5.24. The van der Waals surface area contributed by atoms with E-state index < -0.39 is 0 Å². The molecule has 2 unspecified atom stereocenters. The smallest absolute Gasteiger partial charge is 0.225 e. The molecule has 120 valence electrons. The number of amides is 1. The summed E-state index contributed by atoms with van der Waals surface area (Å²) in [6, 6.07) is 9.32. The lowest BCUT2D eigenvalue weighted by Gasteiger charge is -2.35. The third kappa shape index (κ3) is 3.80. The van der Waals surface area contributed by atoms with Crippen LogP contribution in [0.2, 0.25) is 5.02 Å². The summed E-state index contributed by atoms with van der Waals surface area (Å²) < 4.78 is 0. The number of rotatable bonds is 5. The van der Waals surface area contributed by atoms with Gasteiger partial charge in [0.2, 0.25) is 5.91 Å². The summed E-state index contributed by atoms with van der Waals surface area (Å²) in [5.41, 5.74) is 0.691. The second-order valence-corrected chi connectivity index (χ2v) is 6.93. The maximum atomic E-state index is 12.1. The molecule has 2 N–H and O–H groups in total. The van der Waals surface area contributed by atoms with Gasteiger partial charge in [-0.2, -0.15) is 0 Å². The van der Waals surface area contributed by atoms with Gasteiger partial charge in [-0.1, -0.05) is 23.7 Å². The van der Waals surface area contributed by atoms with E-state index in [1.54, 1.807) is 6.07 Å². The number of anilines is 1. The number of para-hydroxylation sites is 1. The Bertz CT molecular complexity index is 524. The highest BCUT2D eigenvalue weighted by Gasteiger charge is 2.34. The topological polar surface area (TPSA) is 44.4 Å². The zero-order valence-electron chi connectivity index (χ0n) is 13.0. The molecule has 2 aliphatic rings. The molecule has 0 spiro atoms. The second-order valence-electron chi connectivity index (χ2n) is 6.52. The Morgan fingerprint density at radius 2 is 2.00 bits per heavy atom. The summed E-state index contributed by atoms with van der Waals surface area (Å²) in [4.78, 5) is 14.4. The van der Waals surface area contributed by atoms with E-state index in [9.17, 15) is 4.79 Å². The number of nitrogens with zero attached hydrogens (tertiary/aromatic N) is 1. The Labute approximate surface area is 137 Å². The maximum absolute atomic E-state index is 12.1.